The zero-order chi connectivity index (χ0) is 28.6. The van der Waals surface area contributed by atoms with E-state index in [9.17, 15) is 18.0 Å². The summed E-state index contributed by atoms with van der Waals surface area (Å²) in [6.45, 7) is 4.23. The molecular weight excluding hydrogens is 534 g/mol. The third kappa shape index (κ3) is 8.57. The highest BCUT2D eigenvalue weighted by atomic mass is 35.5. The van der Waals surface area contributed by atoms with Crippen molar-refractivity contribution in [2.24, 2.45) is 0 Å². The molecule has 0 bridgehead atoms. The highest BCUT2D eigenvalue weighted by molar-refractivity contribution is 7.92. The minimum atomic E-state index is -3.56. The highest BCUT2D eigenvalue weighted by Crippen LogP contribution is 2.23. The summed E-state index contributed by atoms with van der Waals surface area (Å²) >= 11 is 6.20. The Hall–Kier alpha value is -3.36. The van der Waals surface area contributed by atoms with Crippen molar-refractivity contribution in [2.75, 3.05) is 24.2 Å². The van der Waals surface area contributed by atoms with Gasteiger partial charge in [0.15, 0.2) is 0 Å². The number of likely N-dealkylation sites (N-methyl/N-ethyl adjacent to an activating group) is 1. The maximum Gasteiger partial charge on any atom is 0.242 e. The monoisotopic (exact) mass is 569 g/mol. The second-order valence-electron chi connectivity index (χ2n) is 9.68. The predicted octanol–water partition coefficient (Wildman–Crippen LogP) is 4.89. The van der Waals surface area contributed by atoms with Crippen molar-refractivity contribution in [3.63, 3.8) is 0 Å². The van der Waals surface area contributed by atoms with Gasteiger partial charge in [0, 0.05) is 38.0 Å². The highest BCUT2D eigenvalue weighted by Gasteiger charge is 2.30. The largest absolute Gasteiger partial charge is 0.357 e. The molecule has 0 heterocycles. The van der Waals surface area contributed by atoms with Crippen LogP contribution >= 0.6 is 11.6 Å². The van der Waals surface area contributed by atoms with Crippen LogP contribution in [-0.2, 0) is 32.6 Å². The van der Waals surface area contributed by atoms with E-state index >= 15 is 0 Å². The molecule has 1 N–H and O–H groups in total. The number of amides is 2. The number of sulfonamides is 1. The van der Waals surface area contributed by atoms with E-state index in [4.69, 9.17) is 11.6 Å². The Kier molecular flexibility index (Phi) is 10.5. The standard InChI is InChI=1S/C30H36ClN3O4S/c1-22-15-16-27(18-23(22)2)34(39(4,37)38)17-9-14-29(35)33(21-25-12-8-13-26(31)19-25)28(30(36)32-3)20-24-10-6-5-7-11-24/h5-8,10-13,15-16,18-19,28H,9,14,17,20-21H2,1-4H3,(H,32,36). The van der Waals surface area contributed by atoms with Gasteiger partial charge in [-0.25, -0.2) is 8.42 Å². The first-order valence-corrected chi connectivity index (χ1v) is 15.1. The van der Waals surface area contributed by atoms with Crippen molar-refractivity contribution in [1.82, 2.24) is 10.2 Å². The Morgan fingerprint density at radius 3 is 2.23 bits per heavy atom. The average Bonchev–Trinajstić information content (AvgIpc) is 2.89. The van der Waals surface area contributed by atoms with Gasteiger partial charge in [-0.1, -0.05) is 60.1 Å². The molecule has 208 valence electrons. The quantitative estimate of drug-likeness (QED) is 0.336. The van der Waals surface area contributed by atoms with E-state index in [1.807, 2.05) is 62.4 Å². The Balaban J connectivity index is 1.85. The van der Waals surface area contributed by atoms with Crippen LogP contribution in [0.25, 0.3) is 0 Å². The zero-order valence-electron chi connectivity index (χ0n) is 22.9. The van der Waals surface area contributed by atoms with E-state index in [0.717, 1.165) is 28.5 Å². The van der Waals surface area contributed by atoms with Crippen molar-refractivity contribution in [1.29, 1.82) is 0 Å². The molecule has 0 spiro atoms. The van der Waals surface area contributed by atoms with Gasteiger partial charge >= 0.3 is 0 Å². The zero-order valence-corrected chi connectivity index (χ0v) is 24.4. The summed E-state index contributed by atoms with van der Waals surface area (Å²) in [6.07, 6.45) is 1.86. The molecule has 2 amide bonds. The normalized spacial score (nSPS) is 12.0. The molecule has 3 rings (SSSR count). The van der Waals surface area contributed by atoms with Gasteiger partial charge in [-0.15, -0.1) is 0 Å². The van der Waals surface area contributed by atoms with E-state index in [2.05, 4.69) is 5.32 Å². The summed E-state index contributed by atoms with van der Waals surface area (Å²) in [5.74, 6) is -0.518. The number of nitrogens with one attached hydrogen (secondary N) is 1. The summed E-state index contributed by atoms with van der Waals surface area (Å²) in [5, 5.41) is 3.24. The minimum absolute atomic E-state index is 0.0692. The van der Waals surface area contributed by atoms with E-state index in [1.54, 1.807) is 36.2 Å². The van der Waals surface area contributed by atoms with Crippen LogP contribution in [0.5, 0.6) is 0 Å². The fourth-order valence-electron chi connectivity index (χ4n) is 4.44. The van der Waals surface area contributed by atoms with Crippen molar-refractivity contribution >= 4 is 39.1 Å². The van der Waals surface area contributed by atoms with E-state index < -0.39 is 16.1 Å². The molecule has 3 aromatic rings. The van der Waals surface area contributed by atoms with E-state index in [-0.39, 0.29) is 37.7 Å². The second kappa shape index (κ2) is 13.6. The Morgan fingerprint density at radius 2 is 1.62 bits per heavy atom. The number of aryl methyl sites for hydroxylation is 2. The van der Waals surface area contributed by atoms with Crippen LogP contribution < -0.4 is 9.62 Å². The number of hydrogen-bond acceptors (Lipinski definition) is 4. The molecule has 3 aromatic carbocycles. The topological polar surface area (TPSA) is 86.8 Å². The fourth-order valence-corrected chi connectivity index (χ4v) is 5.61. The number of nitrogens with zero attached hydrogens (tertiary/aromatic N) is 2. The Labute approximate surface area is 236 Å². The Morgan fingerprint density at radius 1 is 0.923 bits per heavy atom. The lowest BCUT2D eigenvalue weighted by molar-refractivity contribution is -0.141. The van der Waals surface area contributed by atoms with Crippen LogP contribution in [0.4, 0.5) is 5.69 Å². The first-order chi connectivity index (χ1) is 18.5. The maximum absolute atomic E-state index is 13.7. The molecule has 0 fully saturated rings. The molecule has 0 saturated carbocycles. The average molecular weight is 570 g/mol. The lowest BCUT2D eigenvalue weighted by Crippen LogP contribution is -2.49. The van der Waals surface area contributed by atoms with Crippen molar-refractivity contribution in [3.8, 4) is 0 Å². The van der Waals surface area contributed by atoms with Gasteiger partial charge in [0.1, 0.15) is 6.04 Å². The van der Waals surface area contributed by atoms with Gasteiger partial charge in [-0.05, 0) is 66.8 Å². The molecule has 7 nitrogen and oxygen atoms in total. The predicted molar refractivity (Wildman–Crippen MR) is 157 cm³/mol. The maximum atomic E-state index is 13.7. The van der Waals surface area contributed by atoms with Crippen LogP contribution in [0, 0.1) is 13.8 Å². The molecule has 1 unspecified atom stereocenters. The number of anilines is 1. The third-order valence-corrected chi connectivity index (χ3v) is 8.12. The van der Waals surface area contributed by atoms with Crippen LogP contribution in [0.2, 0.25) is 5.02 Å². The van der Waals surface area contributed by atoms with Gasteiger partial charge in [-0.3, -0.25) is 13.9 Å². The summed E-state index contributed by atoms with van der Waals surface area (Å²) in [6, 6.07) is 21.5. The lowest BCUT2D eigenvalue weighted by Gasteiger charge is -2.31. The fraction of sp³-hybridized carbons (Fsp3) is 0.333. The van der Waals surface area contributed by atoms with Gasteiger partial charge in [-0.2, -0.15) is 0 Å². The van der Waals surface area contributed by atoms with Gasteiger partial charge in [0.2, 0.25) is 21.8 Å². The summed E-state index contributed by atoms with van der Waals surface area (Å²) < 4.78 is 26.6. The number of rotatable bonds is 12. The van der Waals surface area contributed by atoms with Crippen molar-refractivity contribution < 1.29 is 18.0 Å². The van der Waals surface area contributed by atoms with Gasteiger partial charge in [0.25, 0.3) is 0 Å². The number of hydrogen-bond donors (Lipinski definition) is 1. The Bertz CT molecular complexity index is 1400. The molecule has 1 atom stereocenters. The van der Waals surface area contributed by atoms with Crippen LogP contribution in [0.15, 0.2) is 72.8 Å². The third-order valence-electron chi connectivity index (χ3n) is 6.69. The SMILES string of the molecule is CNC(=O)C(Cc1ccccc1)N(Cc1cccc(Cl)c1)C(=O)CCCN(c1ccc(C)c(C)c1)S(C)(=O)=O. The van der Waals surface area contributed by atoms with E-state index in [0.29, 0.717) is 17.1 Å². The van der Waals surface area contributed by atoms with Crippen LogP contribution in [0.3, 0.4) is 0 Å². The smallest absolute Gasteiger partial charge is 0.242 e. The molecule has 9 heteroatoms. The second-order valence-corrected chi connectivity index (χ2v) is 12.0. The first-order valence-electron chi connectivity index (χ1n) is 12.8. The van der Waals surface area contributed by atoms with E-state index in [1.165, 1.54) is 4.31 Å². The van der Waals surface area contributed by atoms with Crippen LogP contribution in [-0.4, -0.2) is 51.0 Å². The molecule has 0 radical (unpaired) electrons. The van der Waals surface area contributed by atoms with Crippen LogP contribution in [0.1, 0.15) is 35.1 Å². The number of carbonyl (C=O) groups excluding carboxylic acids is 2. The minimum Gasteiger partial charge on any atom is -0.357 e. The molecule has 0 aliphatic carbocycles. The summed E-state index contributed by atoms with van der Waals surface area (Å²) in [7, 11) is -2.01. The summed E-state index contributed by atoms with van der Waals surface area (Å²) in [5.41, 5.74) is 4.34. The lowest BCUT2D eigenvalue weighted by atomic mass is 10.0. The number of benzene rings is 3. The van der Waals surface area contributed by atoms with Crippen molar-refractivity contribution in [3.05, 3.63) is 100 Å². The number of carbonyl (C=O) groups is 2. The molecule has 39 heavy (non-hydrogen) atoms. The molecule has 0 saturated heterocycles. The molecular formula is C30H36ClN3O4S. The molecule has 0 aliphatic rings. The number of halogens is 1. The van der Waals surface area contributed by atoms with Gasteiger partial charge in [0.05, 0.1) is 11.9 Å². The first kappa shape index (κ1) is 30.2. The molecule has 0 aromatic heterocycles. The van der Waals surface area contributed by atoms with Crippen molar-refractivity contribution in [2.45, 2.75) is 45.7 Å². The molecule has 0 aliphatic heterocycles. The van der Waals surface area contributed by atoms with Gasteiger partial charge < -0.3 is 10.2 Å². The summed E-state index contributed by atoms with van der Waals surface area (Å²) in [4.78, 5) is 28.3.